The van der Waals surface area contributed by atoms with Crippen molar-refractivity contribution < 1.29 is 17.9 Å². The van der Waals surface area contributed by atoms with E-state index in [4.69, 9.17) is 16.3 Å². The van der Waals surface area contributed by atoms with Gasteiger partial charge in [0.2, 0.25) is 0 Å². The number of aromatic nitrogens is 2. The second-order valence-corrected chi connectivity index (χ2v) is 7.31. The van der Waals surface area contributed by atoms with E-state index < -0.39 is 11.7 Å². The van der Waals surface area contributed by atoms with E-state index in [0.717, 1.165) is 12.1 Å². The monoisotopic (exact) mass is 456 g/mol. The predicted molar refractivity (Wildman–Crippen MR) is 119 cm³/mol. The molecule has 4 rings (SSSR count). The van der Waals surface area contributed by atoms with Gasteiger partial charge in [-0.15, -0.1) is 0 Å². The minimum Gasteiger partial charge on any atom is -0.495 e. The fourth-order valence-electron chi connectivity index (χ4n) is 3.30. The minimum absolute atomic E-state index is 0.243. The first-order valence-electron chi connectivity index (χ1n) is 9.49. The van der Waals surface area contributed by atoms with E-state index in [9.17, 15) is 18.0 Å². The molecule has 0 amide bonds. The first kappa shape index (κ1) is 21.6. The van der Waals surface area contributed by atoms with Crippen molar-refractivity contribution in [2.45, 2.75) is 6.18 Å². The molecule has 0 atom stereocenters. The summed E-state index contributed by atoms with van der Waals surface area (Å²) in [6.45, 7) is 0. The number of nitrogens with zero attached hydrogens (tertiary/aromatic N) is 2. The minimum atomic E-state index is -4.45. The van der Waals surface area contributed by atoms with E-state index in [1.54, 1.807) is 48.5 Å². The lowest BCUT2D eigenvalue weighted by Gasteiger charge is -2.13. The Kier molecular flexibility index (Phi) is 5.76. The van der Waals surface area contributed by atoms with E-state index in [0.29, 0.717) is 32.9 Å². The SMILES string of the molecule is COc1ccc(-n2c(/C=C/c3cccc(C(F)(F)F)c3)nc3ccccc3c2=O)cc1Cl. The summed E-state index contributed by atoms with van der Waals surface area (Å²) in [5.41, 5.74) is 0.146. The number of methoxy groups -OCH3 is 1. The molecule has 32 heavy (non-hydrogen) atoms. The lowest BCUT2D eigenvalue weighted by atomic mass is 10.1. The van der Waals surface area contributed by atoms with Gasteiger partial charge in [-0.1, -0.05) is 41.9 Å². The Morgan fingerprint density at radius 2 is 1.78 bits per heavy atom. The number of alkyl halides is 3. The number of hydrogen-bond acceptors (Lipinski definition) is 3. The summed E-state index contributed by atoms with van der Waals surface area (Å²) in [5.74, 6) is 0.686. The third-order valence-corrected chi connectivity index (χ3v) is 5.13. The van der Waals surface area contributed by atoms with Gasteiger partial charge < -0.3 is 4.74 Å². The number of ether oxygens (including phenoxy) is 1. The first-order chi connectivity index (χ1) is 15.3. The molecule has 162 valence electrons. The molecule has 4 aromatic rings. The van der Waals surface area contributed by atoms with Crippen LogP contribution in [0.25, 0.3) is 28.7 Å². The van der Waals surface area contributed by atoms with Crippen LogP contribution in [0.5, 0.6) is 5.75 Å². The highest BCUT2D eigenvalue weighted by atomic mass is 35.5. The van der Waals surface area contributed by atoms with Crippen LogP contribution in [0, 0.1) is 0 Å². The summed E-state index contributed by atoms with van der Waals surface area (Å²) in [6, 6.07) is 16.6. The van der Waals surface area contributed by atoms with Gasteiger partial charge in [0.25, 0.3) is 5.56 Å². The summed E-state index contributed by atoms with van der Waals surface area (Å²) in [6.07, 6.45) is -1.47. The van der Waals surface area contributed by atoms with Crippen molar-refractivity contribution in [2.75, 3.05) is 7.11 Å². The number of rotatable bonds is 4. The Bertz CT molecular complexity index is 1390. The number of para-hydroxylation sites is 1. The molecule has 0 N–H and O–H groups in total. The van der Waals surface area contributed by atoms with E-state index in [1.807, 2.05) is 0 Å². The molecule has 0 aliphatic heterocycles. The molecule has 0 unspecified atom stereocenters. The maximum absolute atomic E-state index is 13.3. The molecule has 3 aromatic carbocycles. The second kappa shape index (κ2) is 8.51. The number of benzene rings is 3. The van der Waals surface area contributed by atoms with Crippen molar-refractivity contribution in [3.8, 4) is 11.4 Å². The number of hydrogen-bond donors (Lipinski definition) is 0. The fraction of sp³-hybridized carbons (Fsp3) is 0.0833. The molecule has 0 radical (unpaired) electrons. The van der Waals surface area contributed by atoms with Crippen molar-refractivity contribution in [3.05, 3.63) is 99.1 Å². The van der Waals surface area contributed by atoms with Crippen LogP contribution in [-0.2, 0) is 6.18 Å². The van der Waals surface area contributed by atoms with Gasteiger partial charge in [-0.25, -0.2) is 4.98 Å². The summed E-state index contributed by atoms with van der Waals surface area (Å²) in [5, 5.41) is 0.702. The van der Waals surface area contributed by atoms with E-state index in [2.05, 4.69) is 4.98 Å². The van der Waals surface area contributed by atoms with Crippen LogP contribution >= 0.6 is 11.6 Å². The Balaban J connectivity index is 1.89. The normalized spacial score (nSPS) is 11.9. The Morgan fingerprint density at radius 3 is 2.50 bits per heavy atom. The van der Waals surface area contributed by atoms with Crippen LogP contribution < -0.4 is 10.3 Å². The van der Waals surface area contributed by atoms with Crippen LogP contribution in [0.3, 0.4) is 0 Å². The second-order valence-electron chi connectivity index (χ2n) is 6.90. The molecule has 8 heteroatoms. The highest BCUT2D eigenvalue weighted by Crippen LogP contribution is 2.30. The maximum atomic E-state index is 13.3. The molecule has 0 spiro atoms. The van der Waals surface area contributed by atoms with E-state index >= 15 is 0 Å². The topological polar surface area (TPSA) is 44.1 Å². The molecule has 1 heterocycles. The Labute approximate surface area is 186 Å². The van der Waals surface area contributed by atoms with Gasteiger partial charge in [0.1, 0.15) is 11.6 Å². The van der Waals surface area contributed by atoms with Gasteiger partial charge in [-0.2, -0.15) is 13.2 Å². The van der Waals surface area contributed by atoms with Crippen molar-refractivity contribution in [1.29, 1.82) is 0 Å². The van der Waals surface area contributed by atoms with Crippen molar-refractivity contribution in [2.24, 2.45) is 0 Å². The molecule has 1 aromatic heterocycles. The smallest absolute Gasteiger partial charge is 0.416 e. The third kappa shape index (κ3) is 4.24. The zero-order chi connectivity index (χ0) is 22.9. The molecular formula is C24H16ClF3N2O2. The van der Waals surface area contributed by atoms with Crippen molar-refractivity contribution >= 4 is 34.7 Å². The Hall–Kier alpha value is -3.58. The van der Waals surface area contributed by atoms with Crippen LogP contribution in [0.1, 0.15) is 17.0 Å². The highest BCUT2D eigenvalue weighted by molar-refractivity contribution is 6.32. The number of fused-ring (bicyclic) bond motifs is 1. The van der Waals surface area contributed by atoms with Gasteiger partial charge in [0.15, 0.2) is 0 Å². The predicted octanol–water partition coefficient (Wildman–Crippen LogP) is 6.24. The molecule has 0 aliphatic carbocycles. The van der Waals surface area contributed by atoms with Crippen molar-refractivity contribution in [1.82, 2.24) is 9.55 Å². The van der Waals surface area contributed by atoms with Gasteiger partial charge >= 0.3 is 6.18 Å². The molecule has 0 saturated heterocycles. The van der Waals surface area contributed by atoms with Crippen LogP contribution in [0.4, 0.5) is 13.2 Å². The summed E-state index contributed by atoms with van der Waals surface area (Å²) >= 11 is 6.25. The van der Waals surface area contributed by atoms with E-state index in [1.165, 1.54) is 29.9 Å². The molecule has 0 bridgehead atoms. The average Bonchev–Trinajstić information content (AvgIpc) is 2.77. The van der Waals surface area contributed by atoms with Gasteiger partial charge in [0.05, 0.1) is 34.3 Å². The molecule has 0 fully saturated rings. The fourth-order valence-corrected chi connectivity index (χ4v) is 3.55. The summed E-state index contributed by atoms with van der Waals surface area (Å²) in [7, 11) is 1.48. The lowest BCUT2D eigenvalue weighted by Crippen LogP contribution is -2.22. The summed E-state index contributed by atoms with van der Waals surface area (Å²) < 4.78 is 45.6. The van der Waals surface area contributed by atoms with Crippen LogP contribution in [-0.4, -0.2) is 16.7 Å². The largest absolute Gasteiger partial charge is 0.495 e. The standard InChI is InChI=1S/C24H16ClF3N2O2/c1-32-21-11-10-17(14-19(21)25)30-22(29-20-8-3-2-7-18(20)23(30)31)12-9-15-5-4-6-16(13-15)24(26,27)28/h2-14H,1H3/b12-9+. The highest BCUT2D eigenvalue weighted by Gasteiger charge is 2.30. The molecule has 0 saturated carbocycles. The van der Waals surface area contributed by atoms with Crippen LogP contribution in [0.2, 0.25) is 5.02 Å². The van der Waals surface area contributed by atoms with Crippen molar-refractivity contribution in [3.63, 3.8) is 0 Å². The van der Waals surface area contributed by atoms with Gasteiger partial charge in [0, 0.05) is 0 Å². The summed E-state index contributed by atoms with van der Waals surface area (Å²) in [4.78, 5) is 17.8. The first-order valence-corrected chi connectivity index (χ1v) is 9.87. The maximum Gasteiger partial charge on any atom is 0.416 e. The third-order valence-electron chi connectivity index (χ3n) is 4.83. The zero-order valence-corrected chi connectivity index (χ0v) is 17.5. The quantitative estimate of drug-likeness (QED) is 0.365. The average molecular weight is 457 g/mol. The van der Waals surface area contributed by atoms with Gasteiger partial charge in [-0.3, -0.25) is 9.36 Å². The molecule has 0 aliphatic rings. The van der Waals surface area contributed by atoms with Gasteiger partial charge in [-0.05, 0) is 54.1 Å². The van der Waals surface area contributed by atoms with Crippen LogP contribution in [0.15, 0.2) is 71.5 Å². The molecule has 4 nitrogen and oxygen atoms in total. The van der Waals surface area contributed by atoms with E-state index in [-0.39, 0.29) is 11.4 Å². The zero-order valence-electron chi connectivity index (χ0n) is 16.7. The molecular weight excluding hydrogens is 441 g/mol. The Morgan fingerprint density at radius 1 is 1.00 bits per heavy atom. The lowest BCUT2D eigenvalue weighted by molar-refractivity contribution is -0.137. The number of halogens is 4.